The van der Waals surface area contributed by atoms with Gasteiger partial charge in [0.1, 0.15) is 5.82 Å². The number of benzene rings is 2. The summed E-state index contributed by atoms with van der Waals surface area (Å²) in [6, 6.07) is 11.6. The molecule has 2 aromatic carbocycles. The molecule has 1 heterocycles. The van der Waals surface area contributed by atoms with E-state index in [-0.39, 0.29) is 23.7 Å². The molecule has 0 bridgehead atoms. The number of nitrogens with one attached hydrogen (secondary N) is 1. The Kier molecular flexibility index (Phi) is 6.74. The van der Waals surface area contributed by atoms with Gasteiger partial charge in [-0.25, -0.2) is 4.39 Å². The molecule has 6 heteroatoms. The van der Waals surface area contributed by atoms with Crippen LogP contribution in [0.2, 0.25) is 10.0 Å². The molecule has 0 spiro atoms. The minimum absolute atomic E-state index is 0.0294. The third-order valence-corrected chi connectivity index (χ3v) is 5.76. The number of amides is 1. The Hall–Kier alpha value is -1.62. The van der Waals surface area contributed by atoms with Gasteiger partial charge in [0.2, 0.25) is 5.91 Å². The van der Waals surface area contributed by atoms with Gasteiger partial charge < -0.3 is 5.32 Å². The van der Waals surface area contributed by atoms with E-state index in [0.717, 1.165) is 30.5 Å². The first-order valence-electron chi connectivity index (χ1n) is 9.15. The Morgan fingerprint density at radius 1 is 1.22 bits per heavy atom. The van der Waals surface area contributed by atoms with Gasteiger partial charge in [-0.15, -0.1) is 0 Å². The van der Waals surface area contributed by atoms with Gasteiger partial charge >= 0.3 is 0 Å². The Morgan fingerprint density at radius 2 is 1.89 bits per heavy atom. The van der Waals surface area contributed by atoms with Crippen LogP contribution in [0.25, 0.3) is 0 Å². The first-order chi connectivity index (χ1) is 12.9. The number of carbonyl (C=O) groups is 1. The van der Waals surface area contributed by atoms with Crippen LogP contribution in [0, 0.1) is 11.7 Å². The lowest BCUT2D eigenvalue weighted by molar-refractivity contribution is -0.127. The second-order valence-corrected chi connectivity index (χ2v) is 7.87. The smallest absolute Gasteiger partial charge is 0.224 e. The van der Waals surface area contributed by atoms with Crippen molar-refractivity contribution in [2.45, 2.75) is 32.4 Å². The van der Waals surface area contributed by atoms with E-state index < -0.39 is 0 Å². The highest BCUT2D eigenvalue weighted by molar-refractivity contribution is 6.35. The lowest BCUT2D eigenvalue weighted by Gasteiger charge is -2.33. The second kappa shape index (κ2) is 9.05. The van der Waals surface area contributed by atoms with E-state index in [1.807, 2.05) is 25.1 Å². The molecule has 27 heavy (non-hydrogen) atoms. The largest absolute Gasteiger partial charge is 0.349 e. The van der Waals surface area contributed by atoms with E-state index in [2.05, 4.69) is 10.2 Å². The van der Waals surface area contributed by atoms with Crippen LogP contribution < -0.4 is 5.32 Å². The molecule has 0 radical (unpaired) electrons. The predicted octanol–water partition coefficient (Wildman–Crippen LogP) is 5.22. The van der Waals surface area contributed by atoms with E-state index in [1.54, 1.807) is 12.1 Å². The van der Waals surface area contributed by atoms with Crippen molar-refractivity contribution in [2.75, 3.05) is 13.1 Å². The van der Waals surface area contributed by atoms with Gasteiger partial charge in [-0.1, -0.05) is 41.4 Å². The van der Waals surface area contributed by atoms with E-state index in [9.17, 15) is 9.18 Å². The molecular formula is C21H23Cl2FN2O. The molecule has 1 N–H and O–H groups in total. The van der Waals surface area contributed by atoms with Gasteiger partial charge in [-0.3, -0.25) is 9.69 Å². The summed E-state index contributed by atoms with van der Waals surface area (Å²) in [5.41, 5.74) is 1.79. The van der Waals surface area contributed by atoms with Crippen LogP contribution >= 0.6 is 23.2 Å². The highest BCUT2D eigenvalue weighted by Crippen LogP contribution is 2.28. The minimum Gasteiger partial charge on any atom is -0.349 e. The van der Waals surface area contributed by atoms with Crippen molar-refractivity contribution >= 4 is 29.1 Å². The number of hydrogen-bond acceptors (Lipinski definition) is 2. The Bertz CT molecular complexity index is 777. The molecular weight excluding hydrogens is 386 g/mol. The van der Waals surface area contributed by atoms with E-state index in [1.165, 1.54) is 12.1 Å². The molecule has 1 fully saturated rings. The number of carbonyl (C=O) groups excluding carboxylic acids is 1. The Balaban J connectivity index is 1.60. The fraction of sp³-hybridized carbons (Fsp3) is 0.381. The highest BCUT2D eigenvalue weighted by atomic mass is 35.5. The molecule has 1 amide bonds. The summed E-state index contributed by atoms with van der Waals surface area (Å²) in [5.74, 6) is -0.330. The van der Waals surface area contributed by atoms with Crippen LogP contribution in [-0.2, 0) is 11.3 Å². The Morgan fingerprint density at radius 3 is 2.56 bits per heavy atom. The zero-order valence-electron chi connectivity index (χ0n) is 15.2. The van der Waals surface area contributed by atoms with Crippen LogP contribution in [0.1, 0.15) is 36.9 Å². The maximum Gasteiger partial charge on any atom is 0.224 e. The Labute approximate surface area is 169 Å². The van der Waals surface area contributed by atoms with Gasteiger partial charge in [0, 0.05) is 28.7 Å². The van der Waals surface area contributed by atoms with E-state index >= 15 is 0 Å². The molecule has 1 saturated heterocycles. The second-order valence-electron chi connectivity index (χ2n) is 7.06. The molecule has 1 aliphatic heterocycles. The molecule has 0 unspecified atom stereocenters. The molecule has 1 aliphatic rings. The number of rotatable bonds is 5. The average Bonchev–Trinajstić information content (AvgIpc) is 2.65. The standard InChI is InChI=1S/C21H23Cl2FN2O/c1-14(15-7-9-17(24)10-8-15)25-21(27)16-4-3-11-26(12-16)13-18-19(22)5-2-6-20(18)23/h2,5-10,14,16H,3-4,11-13H2,1H3,(H,25,27)/t14-,16-/m0/s1. The molecule has 3 nitrogen and oxygen atoms in total. The van der Waals surface area contributed by atoms with Crippen LogP contribution in [0.15, 0.2) is 42.5 Å². The monoisotopic (exact) mass is 408 g/mol. The summed E-state index contributed by atoms with van der Waals surface area (Å²) in [6.45, 7) is 4.13. The zero-order chi connectivity index (χ0) is 19.4. The molecule has 2 aromatic rings. The van der Waals surface area contributed by atoms with Gasteiger partial charge in [0.15, 0.2) is 0 Å². The van der Waals surface area contributed by atoms with Crippen LogP contribution in [0.4, 0.5) is 4.39 Å². The number of halogens is 3. The van der Waals surface area contributed by atoms with E-state index in [4.69, 9.17) is 23.2 Å². The van der Waals surface area contributed by atoms with Crippen molar-refractivity contribution < 1.29 is 9.18 Å². The molecule has 0 aliphatic carbocycles. The van der Waals surface area contributed by atoms with Gasteiger partial charge in [-0.2, -0.15) is 0 Å². The quantitative estimate of drug-likeness (QED) is 0.734. The SMILES string of the molecule is C[C@H](NC(=O)[C@H]1CCCN(Cc2c(Cl)cccc2Cl)C1)c1ccc(F)cc1. The molecule has 144 valence electrons. The minimum atomic E-state index is -0.279. The number of nitrogens with zero attached hydrogens (tertiary/aromatic N) is 1. The third-order valence-electron chi connectivity index (χ3n) is 5.05. The van der Waals surface area contributed by atoms with Gasteiger partial charge in [0.25, 0.3) is 0 Å². The molecule has 3 rings (SSSR count). The first-order valence-corrected chi connectivity index (χ1v) is 9.90. The van der Waals surface area contributed by atoms with Crippen molar-refractivity contribution in [3.05, 3.63) is 69.5 Å². The van der Waals surface area contributed by atoms with Crippen molar-refractivity contribution in [3.8, 4) is 0 Å². The summed E-state index contributed by atoms with van der Waals surface area (Å²) >= 11 is 12.6. The summed E-state index contributed by atoms with van der Waals surface area (Å²) < 4.78 is 13.1. The maximum absolute atomic E-state index is 13.1. The van der Waals surface area contributed by atoms with Gasteiger partial charge in [0.05, 0.1) is 12.0 Å². The number of likely N-dealkylation sites (tertiary alicyclic amines) is 1. The molecule has 0 saturated carbocycles. The van der Waals surface area contributed by atoms with Crippen molar-refractivity contribution in [1.29, 1.82) is 0 Å². The summed E-state index contributed by atoms with van der Waals surface area (Å²) in [5, 5.41) is 4.36. The fourth-order valence-electron chi connectivity index (χ4n) is 3.49. The zero-order valence-corrected chi connectivity index (χ0v) is 16.7. The van der Waals surface area contributed by atoms with Crippen molar-refractivity contribution in [3.63, 3.8) is 0 Å². The van der Waals surface area contributed by atoms with Crippen molar-refractivity contribution in [2.24, 2.45) is 5.92 Å². The topological polar surface area (TPSA) is 32.3 Å². The highest BCUT2D eigenvalue weighted by Gasteiger charge is 2.27. The van der Waals surface area contributed by atoms with E-state index in [0.29, 0.717) is 23.1 Å². The van der Waals surface area contributed by atoms with Crippen LogP contribution in [-0.4, -0.2) is 23.9 Å². The van der Waals surface area contributed by atoms with Crippen LogP contribution in [0.3, 0.4) is 0 Å². The summed E-state index contributed by atoms with van der Waals surface area (Å²) in [7, 11) is 0. The first kappa shape index (κ1) is 20.1. The summed E-state index contributed by atoms with van der Waals surface area (Å²) in [4.78, 5) is 14.9. The summed E-state index contributed by atoms with van der Waals surface area (Å²) in [6.07, 6.45) is 1.81. The van der Waals surface area contributed by atoms with Gasteiger partial charge in [-0.05, 0) is 56.1 Å². The fourth-order valence-corrected chi connectivity index (χ4v) is 4.00. The lowest BCUT2D eigenvalue weighted by atomic mass is 9.96. The van der Waals surface area contributed by atoms with Crippen molar-refractivity contribution in [1.82, 2.24) is 10.2 Å². The lowest BCUT2D eigenvalue weighted by Crippen LogP contribution is -2.43. The average molecular weight is 409 g/mol. The maximum atomic E-state index is 13.1. The molecule has 2 atom stereocenters. The number of piperidine rings is 1. The predicted molar refractivity (Wildman–Crippen MR) is 107 cm³/mol. The van der Waals surface area contributed by atoms with Crippen LogP contribution in [0.5, 0.6) is 0 Å². The third kappa shape index (κ3) is 5.22. The molecule has 0 aromatic heterocycles. The number of hydrogen-bond donors (Lipinski definition) is 1. The normalized spacial score (nSPS) is 18.9.